The lowest BCUT2D eigenvalue weighted by molar-refractivity contribution is -0.0560. The first-order valence-electron chi connectivity index (χ1n) is 20.7. The summed E-state index contributed by atoms with van der Waals surface area (Å²) in [5.74, 6) is 0.260. The normalized spacial score (nSPS) is 18.2. The van der Waals surface area contributed by atoms with Crippen LogP contribution in [0.25, 0.3) is 5.52 Å². The van der Waals surface area contributed by atoms with Gasteiger partial charge in [-0.05, 0) is 55.2 Å². The van der Waals surface area contributed by atoms with Crippen molar-refractivity contribution in [1.82, 2.24) is 14.6 Å². The third-order valence-corrected chi connectivity index (χ3v) is 11.2. The van der Waals surface area contributed by atoms with Crippen molar-refractivity contribution in [2.24, 2.45) is 0 Å². The number of ether oxygens (including phenoxy) is 3. The molecule has 4 rings (SSSR count). The van der Waals surface area contributed by atoms with Crippen molar-refractivity contribution in [1.29, 1.82) is 15.8 Å². The molecule has 1 saturated heterocycles. The van der Waals surface area contributed by atoms with Gasteiger partial charge in [0.2, 0.25) is 0 Å². The number of phosphoric acid groups is 1. The summed E-state index contributed by atoms with van der Waals surface area (Å²) in [6, 6.07) is 14.5. The lowest BCUT2D eigenvalue weighted by Gasteiger charge is -2.23. The number of hydrogen-bond acceptors (Lipinski definition) is 12. The van der Waals surface area contributed by atoms with Crippen LogP contribution in [0.15, 0.2) is 36.7 Å². The van der Waals surface area contributed by atoms with E-state index in [1.165, 1.54) is 100 Å². The van der Waals surface area contributed by atoms with E-state index < -0.39 is 25.6 Å². The molecule has 1 aromatic carbocycles. The SMILES string of the molecule is CCCCCCCCCCCCCCCCCCOC[C@H](COP(=O)(O)OC[C@@H]1CC[C@](C#N)(c2ccc3c(N)ncnn23)O1)OCc1cc(C#N)cc(C#N)c1. The maximum atomic E-state index is 13.0. The van der Waals surface area contributed by atoms with Crippen molar-refractivity contribution in [3.63, 3.8) is 0 Å². The van der Waals surface area contributed by atoms with Crippen molar-refractivity contribution < 1.29 is 32.7 Å². The van der Waals surface area contributed by atoms with Crippen LogP contribution < -0.4 is 5.73 Å². The quantitative estimate of drug-likeness (QED) is 0.0496. The van der Waals surface area contributed by atoms with Gasteiger partial charge in [0, 0.05) is 6.61 Å². The zero-order chi connectivity index (χ0) is 40.8. The van der Waals surface area contributed by atoms with E-state index in [1.807, 2.05) is 12.1 Å². The van der Waals surface area contributed by atoms with E-state index in [-0.39, 0.29) is 32.2 Å². The number of nitriles is 3. The van der Waals surface area contributed by atoms with Gasteiger partial charge < -0.3 is 24.8 Å². The Morgan fingerprint density at radius 3 is 2.12 bits per heavy atom. The Balaban J connectivity index is 1.18. The Labute approximate surface area is 337 Å². The zero-order valence-corrected chi connectivity index (χ0v) is 34.4. The van der Waals surface area contributed by atoms with Gasteiger partial charge in [-0.2, -0.15) is 20.9 Å². The number of unbranched alkanes of at least 4 members (excludes halogenated alkanes) is 15. The smallest absolute Gasteiger partial charge is 0.382 e. The molecular weight excluding hydrogens is 745 g/mol. The molecule has 0 amide bonds. The molecule has 2 aromatic heterocycles. The van der Waals surface area contributed by atoms with E-state index in [1.54, 1.807) is 24.3 Å². The van der Waals surface area contributed by atoms with Gasteiger partial charge in [-0.25, -0.2) is 14.1 Å². The number of hydrogen-bond donors (Lipinski definition) is 2. The van der Waals surface area contributed by atoms with E-state index in [9.17, 15) is 25.2 Å². The van der Waals surface area contributed by atoms with E-state index in [4.69, 9.17) is 29.0 Å². The fourth-order valence-electron chi connectivity index (χ4n) is 7.09. The van der Waals surface area contributed by atoms with Crippen molar-refractivity contribution in [3.8, 4) is 18.2 Å². The molecule has 1 aliphatic rings. The van der Waals surface area contributed by atoms with Crippen LogP contribution >= 0.6 is 7.82 Å². The van der Waals surface area contributed by atoms with Gasteiger partial charge >= 0.3 is 7.82 Å². The minimum absolute atomic E-state index is 0.0222. The number of nitrogens with two attached hydrogens (primary N) is 1. The molecule has 15 heteroatoms. The fraction of sp³-hybridized carbons (Fsp3) is 0.643. The van der Waals surface area contributed by atoms with Gasteiger partial charge in [-0.15, -0.1) is 0 Å². The predicted molar refractivity (Wildman–Crippen MR) is 215 cm³/mol. The van der Waals surface area contributed by atoms with Crippen LogP contribution in [0.5, 0.6) is 0 Å². The van der Waals surface area contributed by atoms with E-state index in [0.717, 1.165) is 19.3 Å². The van der Waals surface area contributed by atoms with Crippen LogP contribution in [-0.2, 0) is 40.0 Å². The lowest BCUT2D eigenvalue weighted by Crippen LogP contribution is -2.28. The third-order valence-electron chi connectivity index (χ3n) is 10.3. The molecule has 1 aliphatic heterocycles. The fourth-order valence-corrected chi connectivity index (χ4v) is 7.88. The molecule has 1 fully saturated rings. The van der Waals surface area contributed by atoms with E-state index in [0.29, 0.717) is 47.3 Å². The second-order valence-electron chi connectivity index (χ2n) is 14.9. The average molecular weight is 806 g/mol. The Morgan fingerprint density at radius 2 is 1.53 bits per heavy atom. The van der Waals surface area contributed by atoms with Crippen molar-refractivity contribution >= 4 is 19.2 Å². The van der Waals surface area contributed by atoms with Crippen molar-refractivity contribution in [2.75, 3.05) is 32.2 Å². The molecule has 57 heavy (non-hydrogen) atoms. The van der Waals surface area contributed by atoms with Gasteiger partial charge in [0.1, 0.15) is 24.0 Å². The highest BCUT2D eigenvalue weighted by Gasteiger charge is 2.45. The Hall–Kier alpha value is -3.90. The number of fused-ring (bicyclic) bond motifs is 1. The Morgan fingerprint density at radius 1 is 0.912 bits per heavy atom. The number of benzene rings is 1. The topological polar surface area (TPSA) is 211 Å². The summed E-state index contributed by atoms with van der Waals surface area (Å²) >= 11 is 0. The summed E-state index contributed by atoms with van der Waals surface area (Å²) in [5, 5.41) is 33.1. The van der Waals surface area contributed by atoms with Crippen LogP contribution in [-0.4, -0.2) is 58.1 Å². The standard InChI is InChI=1S/C42H60N7O7P/c1-2-3-4-5-6-7-8-9-10-11-12-13-14-15-16-17-22-52-29-38(53-28-36-24-34(26-43)23-35(25-36)27-44)31-55-57(50,51)54-30-37-20-21-42(32-45,56-37)40-19-18-39-41(46)47-33-48-49(39)40/h18-19,23-25,33,37-38H,2-17,20-22,28-31H2,1H3,(H,50,51)(H2,46,47,48)/t37-,38+,42-/m0/s1. The van der Waals surface area contributed by atoms with Gasteiger partial charge in [0.25, 0.3) is 0 Å². The van der Waals surface area contributed by atoms with Gasteiger partial charge in [-0.3, -0.25) is 9.05 Å². The van der Waals surface area contributed by atoms with E-state index >= 15 is 0 Å². The largest absolute Gasteiger partial charge is 0.472 e. The van der Waals surface area contributed by atoms with E-state index in [2.05, 4.69) is 23.1 Å². The molecule has 1 unspecified atom stereocenters. The molecule has 3 aromatic rings. The number of anilines is 1. The summed E-state index contributed by atoms with van der Waals surface area (Å²) < 4.78 is 43.2. The molecule has 0 spiro atoms. The maximum Gasteiger partial charge on any atom is 0.472 e. The van der Waals surface area contributed by atoms with Crippen LogP contribution in [0.3, 0.4) is 0 Å². The summed E-state index contributed by atoms with van der Waals surface area (Å²) in [5.41, 5.74) is 6.85. The van der Waals surface area contributed by atoms with Gasteiger partial charge in [0.05, 0.1) is 61.5 Å². The first kappa shape index (κ1) is 45.8. The predicted octanol–water partition coefficient (Wildman–Crippen LogP) is 8.95. The zero-order valence-electron chi connectivity index (χ0n) is 33.5. The molecular formula is C42H60N7O7P. The van der Waals surface area contributed by atoms with Gasteiger partial charge in [-0.1, -0.05) is 103 Å². The Kier molecular flexibility index (Phi) is 19.9. The van der Waals surface area contributed by atoms with Crippen LogP contribution in [0.1, 0.15) is 145 Å². The van der Waals surface area contributed by atoms with Crippen LogP contribution in [0.2, 0.25) is 0 Å². The molecule has 0 radical (unpaired) electrons. The highest BCUT2D eigenvalue weighted by molar-refractivity contribution is 7.47. The van der Waals surface area contributed by atoms with Gasteiger partial charge in [0.15, 0.2) is 11.4 Å². The summed E-state index contributed by atoms with van der Waals surface area (Å²) in [6.45, 7) is 2.27. The van der Waals surface area contributed by atoms with Crippen LogP contribution in [0, 0.1) is 34.0 Å². The van der Waals surface area contributed by atoms with Crippen molar-refractivity contribution in [3.05, 3.63) is 59.0 Å². The highest BCUT2D eigenvalue weighted by atomic mass is 31.2. The second-order valence-corrected chi connectivity index (χ2v) is 16.3. The molecule has 4 atom stereocenters. The van der Waals surface area contributed by atoms with Crippen LogP contribution in [0.4, 0.5) is 5.82 Å². The third kappa shape index (κ3) is 15.4. The highest BCUT2D eigenvalue weighted by Crippen LogP contribution is 2.46. The molecule has 0 bridgehead atoms. The molecule has 3 N–H and O–H groups in total. The first-order chi connectivity index (χ1) is 27.7. The summed E-state index contributed by atoms with van der Waals surface area (Å²) in [6.07, 6.45) is 21.0. The summed E-state index contributed by atoms with van der Waals surface area (Å²) in [4.78, 5) is 14.6. The lowest BCUT2D eigenvalue weighted by atomic mass is 9.98. The number of rotatable bonds is 29. The first-order valence-corrected chi connectivity index (χ1v) is 22.1. The minimum Gasteiger partial charge on any atom is -0.382 e. The summed E-state index contributed by atoms with van der Waals surface area (Å²) in [7, 11) is -4.58. The Bertz CT molecular complexity index is 1810. The molecule has 3 heterocycles. The van der Waals surface area contributed by atoms with Crippen molar-refractivity contribution in [2.45, 2.75) is 147 Å². The molecule has 310 valence electrons. The monoisotopic (exact) mass is 805 g/mol. The number of nitrogens with zero attached hydrogens (tertiary/aromatic N) is 6. The number of aromatic nitrogens is 3. The number of nitrogen functional groups attached to an aromatic ring is 1. The molecule has 0 aliphatic carbocycles. The average Bonchev–Trinajstić information content (AvgIpc) is 3.86. The molecule has 0 saturated carbocycles. The minimum atomic E-state index is -4.58. The maximum absolute atomic E-state index is 13.0. The second kappa shape index (κ2) is 24.8. The molecule has 14 nitrogen and oxygen atoms in total. The number of phosphoric ester groups is 1.